The van der Waals surface area contributed by atoms with Crippen LogP contribution < -0.4 is 10.7 Å². The molecule has 112 valence electrons. The predicted molar refractivity (Wildman–Crippen MR) is 83.6 cm³/mol. The van der Waals surface area contributed by atoms with Crippen molar-refractivity contribution in [2.75, 3.05) is 0 Å². The number of hydrogen-bond donors (Lipinski definition) is 1. The van der Waals surface area contributed by atoms with Gasteiger partial charge in [0, 0.05) is 24.5 Å². The SMILES string of the molecule is CC[C@@H](C)NC(=O)c1cn(CC)c2nc(C)ccc2c1=O. The van der Waals surface area contributed by atoms with Gasteiger partial charge in [0.05, 0.1) is 5.39 Å². The number of pyridine rings is 2. The molecule has 1 amide bonds. The van der Waals surface area contributed by atoms with E-state index >= 15 is 0 Å². The zero-order chi connectivity index (χ0) is 15.6. The Hall–Kier alpha value is -2.17. The van der Waals surface area contributed by atoms with E-state index in [1.165, 1.54) is 0 Å². The zero-order valence-electron chi connectivity index (χ0n) is 12.9. The highest BCUT2D eigenvalue weighted by Crippen LogP contribution is 2.11. The maximum atomic E-state index is 12.5. The van der Waals surface area contributed by atoms with Gasteiger partial charge in [0.1, 0.15) is 11.2 Å². The van der Waals surface area contributed by atoms with Crippen molar-refractivity contribution in [1.82, 2.24) is 14.9 Å². The van der Waals surface area contributed by atoms with Crippen LogP contribution in [0.2, 0.25) is 0 Å². The van der Waals surface area contributed by atoms with Gasteiger partial charge in [-0.1, -0.05) is 6.92 Å². The summed E-state index contributed by atoms with van der Waals surface area (Å²) in [6.45, 7) is 8.40. The van der Waals surface area contributed by atoms with Gasteiger partial charge >= 0.3 is 0 Å². The molecule has 0 unspecified atom stereocenters. The highest BCUT2D eigenvalue weighted by molar-refractivity contribution is 5.97. The van der Waals surface area contributed by atoms with Crippen LogP contribution in [0.15, 0.2) is 23.1 Å². The fraction of sp³-hybridized carbons (Fsp3) is 0.438. The molecule has 0 aliphatic rings. The Balaban J connectivity index is 2.61. The summed E-state index contributed by atoms with van der Waals surface area (Å²) in [4.78, 5) is 29.2. The largest absolute Gasteiger partial charge is 0.349 e. The van der Waals surface area contributed by atoms with Gasteiger partial charge in [0.2, 0.25) is 5.43 Å². The summed E-state index contributed by atoms with van der Waals surface area (Å²) in [6.07, 6.45) is 2.43. The first kappa shape index (κ1) is 15.2. The van der Waals surface area contributed by atoms with Crippen LogP contribution >= 0.6 is 0 Å². The number of hydrogen-bond acceptors (Lipinski definition) is 3. The first-order chi connectivity index (χ1) is 9.97. The Labute approximate surface area is 124 Å². The summed E-state index contributed by atoms with van der Waals surface area (Å²) in [5.41, 5.74) is 1.39. The third-order valence-corrected chi connectivity index (χ3v) is 3.64. The molecule has 2 aromatic rings. The maximum absolute atomic E-state index is 12.5. The number of fused-ring (bicyclic) bond motifs is 1. The Bertz CT molecular complexity index is 734. The van der Waals surface area contributed by atoms with E-state index in [0.29, 0.717) is 17.6 Å². The van der Waals surface area contributed by atoms with Crippen LogP contribution in [0.1, 0.15) is 43.2 Å². The van der Waals surface area contributed by atoms with Gasteiger partial charge in [-0.05, 0) is 39.3 Å². The van der Waals surface area contributed by atoms with Crippen LogP contribution in [-0.4, -0.2) is 21.5 Å². The molecule has 0 fully saturated rings. The summed E-state index contributed by atoms with van der Waals surface area (Å²) >= 11 is 0. The fourth-order valence-electron chi connectivity index (χ4n) is 2.17. The van der Waals surface area contributed by atoms with E-state index in [0.717, 1.165) is 12.1 Å². The van der Waals surface area contributed by atoms with E-state index in [1.54, 1.807) is 18.3 Å². The molecule has 0 saturated heterocycles. The summed E-state index contributed by atoms with van der Waals surface area (Å²) in [6, 6.07) is 3.57. The monoisotopic (exact) mass is 287 g/mol. The minimum absolute atomic E-state index is 0.0406. The summed E-state index contributed by atoms with van der Waals surface area (Å²) in [5.74, 6) is -0.320. The van der Waals surface area contributed by atoms with Crippen LogP contribution in [0.25, 0.3) is 11.0 Å². The molecule has 5 nitrogen and oxygen atoms in total. The molecule has 0 aromatic carbocycles. The van der Waals surface area contributed by atoms with Crippen LogP contribution in [0, 0.1) is 6.92 Å². The van der Waals surface area contributed by atoms with Crippen molar-refractivity contribution in [3.05, 3.63) is 39.8 Å². The molecule has 21 heavy (non-hydrogen) atoms. The number of aryl methyl sites for hydroxylation is 2. The highest BCUT2D eigenvalue weighted by Gasteiger charge is 2.16. The van der Waals surface area contributed by atoms with Crippen molar-refractivity contribution < 1.29 is 4.79 Å². The lowest BCUT2D eigenvalue weighted by molar-refractivity contribution is 0.0937. The van der Waals surface area contributed by atoms with Gasteiger partial charge in [-0.3, -0.25) is 9.59 Å². The van der Waals surface area contributed by atoms with Crippen molar-refractivity contribution in [1.29, 1.82) is 0 Å². The smallest absolute Gasteiger partial charge is 0.256 e. The minimum Gasteiger partial charge on any atom is -0.349 e. The van der Waals surface area contributed by atoms with Crippen molar-refractivity contribution in [2.45, 2.75) is 46.7 Å². The van der Waals surface area contributed by atoms with Gasteiger partial charge in [-0.15, -0.1) is 0 Å². The molecule has 0 radical (unpaired) electrons. The second-order valence-corrected chi connectivity index (χ2v) is 5.26. The molecular weight excluding hydrogens is 266 g/mol. The minimum atomic E-state index is -0.320. The fourth-order valence-corrected chi connectivity index (χ4v) is 2.17. The van der Waals surface area contributed by atoms with E-state index in [-0.39, 0.29) is 22.9 Å². The second kappa shape index (κ2) is 6.08. The Morgan fingerprint density at radius 1 is 1.38 bits per heavy atom. The summed E-state index contributed by atoms with van der Waals surface area (Å²) in [7, 11) is 0. The Kier molecular flexibility index (Phi) is 4.40. The van der Waals surface area contributed by atoms with Gasteiger partial charge in [-0.2, -0.15) is 0 Å². The first-order valence-corrected chi connectivity index (χ1v) is 7.29. The van der Waals surface area contributed by atoms with Crippen molar-refractivity contribution in [3.8, 4) is 0 Å². The van der Waals surface area contributed by atoms with E-state index in [4.69, 9.17) is 0 Å². The Morgan fingerprint density at radius 2 is 2.10 bits per heavy atom. The number of carbonyl (C=O) groups is 1. The lowest BCUT2D eigenvalue weighted by atomic mass is 10.1. The number of carbonyl (C=O) groups excluding carboxylic acids is 1. The topological polar surface area (TPSA) is 64.0 Å². The second-order valence-electron chi connectivity index (χ2n) is 5.26. The first-order valence-electron chi connectivity index (χ1n) is 7.29. The predicted octanol–water partition coefficient (Wildman–Crippen LogP) is 2.25. The van der Waals surface area contributed by atoms with Gasteiger partial charge in [-0.25, -0.2) is 4.98 Å². The molecule has 5 heteroatoms. The third-order valence-electron chi connectivity index (χ3n) is 3.64. The molecule has 2 heterocycles. The summed E-state index contributed by atoms with van der Waals surface area (Å²) < 4.78 is 1.84. The van der Waals surface area contributed by atoms with Crippen LogP contribution in [0.3, 0.4) is 0 Å². The van der Waals surface area contributed by atoms with Crippen LogP contribution in [0.5, 0.6) is 0 Å². The number of aromatic nitrogens is 2. The van der Waals surface area contributed by atoms with Gasteiger partial charge in [0.15, 0.2) is 0 Å². The Morgan fingerprint density at radius 3 is 2.71 bits per heavy atom. The zero-order valence-corrected chi connectivity index (χ0v) is 12.9. The number of amides is 1. The average Bonchev–Trinajstić information content (AvgIpc) is 2.47. The van der Waals surface area contributed by atoms with E-state index in [9.17, 15) is 9.59 Å². The normalized spacial score (nSPS) is 12.4. The number of rotatable bonds is 4. The molecule has 1 N–H and O–H groups in total. The standard InChI is InChI=1S/C16H21N3O2/c1-5-10(3)18-16(21)13-9-19(6-2)15-12(14(13)20)8-7-11(4)17-15/h7-10H,5-6H2,1-4H3,(H,18,21)/t10-/m1/s1. The van der Waals surface area contributed by atoms with Crippen molar-refractivity contribution in [2.24, 2.45) is 0 Å². The van der Waals surface area contributed by atoms with Gasteiger partial charge < -0.3 is 9.88 Å². The third kappa shape index (κ3) is 2.96. The van der Waals surface area contributed by atoms with E-state index < -0.39 is 0 Å². The van der Waals surface area contributed by atoms with Crippen LogP contribution in [0.4, 0.5) is 0 Å². The molecular formula is C16H21N3O2. The molecule has 1 atom stereocenters. The van der Waals surface area contributed by atoms with Gasteiger partial charge in [0.25, 0.3) is 5.91 Å². The molecule has 0 spiro atoms. The number of nitrogens with one attached hydrogen (secondary N) is 1. The lowest BCUT2D eigenvalue weighted by Gasteiger charge is -2.14. The number of nitrogens with zero attached hydrogens (tertiary/aromatic N) is 2. The quantitative estimate of drug-likeness (QED) is 0.938. The molecule has 0 saturated carbocycles. The van der Waals surface area contributed by atoms with Crippen LogP contribution in [-0.2, 0) is 6.54 Å². The van der Waals surface area contributed by atoms with Crippen molar-refractivity contribution in [3.63, 3.8) is 0 Å². The van der Waals surface area contributed by atoms with E-state index in [1.807, 2.05) is 32.3 Å². The molecule has 2 aromatic heterocycles. The van der Waals surface area contributed by atoms with E-state index in [2.05, 4.69) is 10.3 Å². The molecule has 0 bridgehead atoms. The lowest BCUT2D eigenvalue weighted by Crippen LogP contribution is -2.35. The average molecular weight is 287 g/mol. The summed E-state index contributed by atoms with van der Waals surface area (Å²) in [5, 5.41) is 3.33. The highest BCUT2D eigenvalue weighted by atomic mass is 16.2. The molecule has 0 aliphatic carbocycles. The molecule has 0 aliphatic heterocycles. The molecule has 2 rings (SSSR count). The van der Waals surface area contributed by atoms with Crippen molar-refractivity contribution >= 4 is 16.9 Å². The maximum Gasteiger partial charge on any atom is 0.256 e.